The van der Waals surface area contributed by atoms with Gasteiger partial charge < -0.3 is 5.32 Å². The highest BCUT2D eigenvalue weighted by molar-refractivity contribution is 7.14. The predicted molar refractivity (Wildman–Crippen MR) is 73.7 cm³/mol. The van der Waals surface area contributed by atoms with E-state index in [9.17, 15) is 0 Å². The fourth-order valence-electron chi connectivity index (χ4n) is 1.69. The molecule has 90 valence electrons. The van der Waals surface area contributed by atoms with Crippen LogP contribution in [0, 0.1) is 6.92 Å². The third-order valence-electron chi connectivity index (χ3n) is 2.69. The molecular formula is C13H17N3S. The molecule has 1 N–H and O–H groups in total. The summed E-state index contributed by atoms with van der Waals surface area (Å²) in [7, 11) is 1.88. The molecule has 0 atom stereocenters. The minimum Gasteiger partial charge on any atom is -0.365 e. The SMILES string of the molecule is CNc1nc(-c2ccc(C(C)C)nc2C)cs1. The Hall–Kier alpha value is -1.42. The summed E-state index contributed by atoms with van der Waals surface area (Å²) in [6, 6.07) is 4.21. The maximum Gasteiger partial charge on any atom is 0.182 e. The molecule has 0 radical (unpaired) electrons. The molecule has 3 nitrogen and oxygen atoms in total. The molecule has 0 aliphatic carbocycles. The molecular weight excluding hydrogens is 230 g/mol. The lowest BCUT2D eigenvalue weighted by Crippen LogP contribution is -1.96. The van der Waals surface area contributed by atoms with E-state index in [1.807, 2.05) is 14.0 Å². The lowest BCUT2D eigenvalue weighted by molar-refractivity contribution is 0.816. The average Bonchev–Trinajstić information content (AvgIpc) is 2.77. The Labute approximate surface area is 106 Å². The van der Waals surface area contributed by atoms with Gasteiger partial charge in [-0.15, -0.1) is 11.3 Å². The Kier molecular flexibility index (Phi) is 3.43. The normalized spacial score (nSPS) is 10.9. The van der Waals surface area contributed by atoms with Crippen LogP contribution in [0.2, 0.25) is 0 Å². The van der Waals surface area contributed by atoms with E-state index < -0.39 is 0 Å². The molecule has 17 heavy (non-hydrogen) atoms. The second-order valence-corrected chi connectivity index (χ2v) is 5.17. The van der Waals surface area contributed by atoms with Gasteiger partial charge in [0.2, 0.25) is 0 Å². The molecule has 0 saturated carbocycles. The zero-order valence-corrected chi connectivity index (χ0v) is 11.4. The van der Waals surface area contributed by atoms with Crippen molar-refractivity contribution in [3.05, 3.63) is 28.9 Å². The maximum absolute atomic E-state index is 4.63. The molecule has 0 spiro atoms. The molecule has 0 aromatic carbocycles. The van der Waals surface area contributed by atoms with Crippen LogP contribution in [0.25, 0.3) is 11.3 Å². The van der Waals surface area contributed by atoms with Gasteiger partial charge in [0.05, 0.1) is 5.69 Å². The molecule has 2 heterocycles. The number of anilines is 1. The summed E-state index contributed by atoms with van der Waals surface area (Å²) in [4.78, 5) is 9.13. The minimum atomic E-state index is 0.464. The van der Waals surface area contributed by atoms with Crippen molar-refractivity contribution in [2.24, 2.45) is 0 Å². The molecule has 4 heteroatoms. The topological polar surface area (TPSA) is 37.8 Å². The second kappa shape index (κ2) is 4.84. The van der Waals surface area contributed by atoms with Crippen LogP contribution in [0.1, 0.15) is 31.2 Å². The van der Waals surface area contributed by atoms with E-state index in [2.05, 4.69) is 46.6 Å². The van der Waals surface area contributed by atoms with Crippen LogP contribution in [0.4, 0.5) is 5.13 Å². The smallest absolute Gasteiger partial charge is 0.182 e. The fourth-order valence-corrected chi connectivity index (χ4v) is 2.36. The molecule has 0 aliphatic rings. The number of pyridine rings is 1. The predicted octanol–water partition coefficient (Wildman–Crippen LogP) is 3.68. The molecule has 2 aromatic heterocycles. The maximum atomic E-state index is 4.63. The number of nitrogens with one attached hydrogen (secondary N) is 1. The van der Waals surface area contributed by atoms with Crippen LogP contribution in [0.3, 0.4) is 0 Å². The summed E-state index contributed by atoms with van der Waals surface area (Å²) in [6.45, 7) is 6.35. The van der Waals surface area contributed by atoms with Crippen LogP contribution >= 0.6 is 11.3 Å². The van der Waals surface area contributed by atoms with Crippen LogP contribution < -0.4 is 5.32 Å². The van der Waals surface area contributed by atoms with Crippen molar-refractivity contribution in [3.63, 3.8) is 0 Å². The molecule has 0 aliphatic heterocycles. The average molecular weight is 247 g/mol. The Morgan fingerprint density at radius 3 is 2.53 bits per heavy atom. The number of nitrogens with zero attached hydrogens (tertiary/aromatic N) is 2. The Morgan fingerprint density at radius 1 is 1.24 bits per heavy atom. The van der Waals surface area contributed by atoms with Crippen molar-refractivity contribution in [1.29, 1.82) is 0 Å². The number of hydrogen-bond acceptors (Lipinski definition) is 4. The third-order valence-corrected chi connectivity index (χ3v) is 3.55. The first-order valence-corrected chi connectivity index (χ1v) is 6.61. The van der Waals surface area contributed by atoms with Crippen molar-refractivity contribution < 1.29 is 0 Å². The van der Waals surface area contributed by atoms with E-state index >= 15 is 0 Å². The van der Waals surface area contributed by atoms with Gasteiger partial charge in [0.25, 0.3) is 0 Å². The van der Waals surface area contributed by atoms with Crippen LogP contribution in [0.5, 0.6) is 0 Å². The monoisotopic (exact) mass is 247 g/mol. The Bertz CT molecular complexity index is 517. The first kappa shape index (κ1) is 12.0. The first-order valence-electron chi connectivity index (χ1n) is 5.73. The second-order valence-electron chi connectivity index (χ2n) is 4.31. The van der Waals surface area contributed by atoms with Crippen molar-refractivity contribution in [2.75, 3.05) is 12.4 Å². The number of thiazole rings is 1. The molecule has 0 unspecified atom stereocenters. The largest absolute Gasteiger partial charge is 0.365 e. The van der Waals surface area contributed by atoms with Gasteiger partial charge in [-0.25, -0.2) is 4.98 Å². The van der Waals surface area contributed by atoms with Crippen molar-refractivity contribution in [2.45, 2.75) is 26.7 Å². The molecule has 0 amide bonds. The minimum absolute atomic E-state index is 0.464. The lowest BCUT2D eigenvalue weighted by atomic mass is 10.1. The number of hydrogen-bond donors (Lipinski definition) is 1. The highest BCUT2D eigenvalue weighted by Crippen LogP contribution is 2.27. The van der Waals surface area contributed by atoms with E-state index in [4.69, 9.17) is 0 Å². The van der Waals surface area contributed by atoms with Gasteiger partial charge in [-0.05, 0) is 25.0 Å². The quantitative estimate of drug-likeness (QED) is 0.899. The molecule has 0 fully saturated rings. The van der Waals surface area contributed by atoms with E-state index in [-0.39, 0.29) is 0 Å². The lowest BCUT2D eigenvalue weighted by Gasteiger charge is -2.08. The van der Waals surface area contributed by atoms with Gasteiger partial charge in [0.1, 0.15) is 0 Å². The standard InChI is InChI=1S/C13H17N3S/c1-8(2)11-6-5-10(9(3)15-11)12-7-17-13(14-4)16-12/h5-8H,1-4H3,(H,14,16). The van der Waals surface area contributed by atoms with Gasteiger partial charge in [-0.2, -0.15) is 0 Å². The summed E-state index contributed by atoms with van der Waals surface area (Å²) in [6.07, 6.45) is 0. The summed E-state index contributed by atoms with van der Waals surface area (Å²) in [5.41, 5.74) is 4.30. The van der Waals surface area contributed by atoms with Crippen molar-refractivity contribution >= 4 is 16.5 Å². The van der Waals surface area contributed by atoms with Crippen LogP contribution in [-0.4, -0.2) is 17.0 Å². The zero-order valence-electron chi connectivity index (χ0n) is 10.6. The van der Waals surface area contributed by atoms with Crippen molar-refractivity contribution in [3.8, 4) is 11.3 Å². The van der Waals surface area contributed by atoms with Gasteiger partial charge in [-0.1, -0.05) is 13.8 Å². The Balaban J connectivity index is 2.39. The van der Waals surface area contributed by atoms with Crippen molar-refractivity contribution in [1.82, 2.24) is 9.97 Å². The fraction of sp³-hybridized carbons (Fsp3) is 0.385. The summed E-state index contributed by atoms with van der Waals surface area (Å²) in [5, 5.41) is 6.05. The van der Waals surface area contributed by atoms with E-state index in [0.29, 0.717) is 5.92 Å². The molecule has 2 rings (SSSR count). The highest BCUT2D eigenvalue weighted by Gasteiger charge is 2.09. The summed E-state index contributed by atoms with van der Waals surface area (Å²) >= 11 is 1.61. The van der Waals surface area contributed by atoms with E-state index in [1.54, 1.807) is 11.3 Å². The van der Waals surface area contributed by atoms with Gasteiger partial charge in [-0.3, -0.25) is 4.98 Å². The molecule has 0 saturated heterocycles. The van der Waals surface area contributed by atoms with Gasteiger partial charge in [0.15, 0.2) is 5.13 Å². The number of aromatic nitrogens is 2. The molecule has 2 aromatic rings. The van der Waals surface area contributed by atoms with Crippen LogP contribution in [-0.2, 0) is 0 Å². The van der Waals surface area contributed by atoms with Gasteiger partial charge >= 0.3 is 0 Å². The number of aryl methyl sites for hydroxylation is 1. The third kappa shape index (κ3) is 2.47. The van der Waals surface area contributed by atoms with E-state index in [0.717, 1.165) is 27.8 Å². The first-order chi connectivity index (χ1) is 8.11. The van der Waals surface area contributed by atoms with Crippen LogP contribution in [0.15, 0.2) is 17.5 Å². The Morgan fingerprint density at radius 2 is 2.00 bits per heavy atom. The molecule has 0 bridgehead atoms. The summed E-state index contributed by atoms with van der Waals surface area (Å²) in [5.74, 6) is 0.464. The van der Waals surface area contributed by atoms with Gasteiger partial charge in [0, 0.05) is 29.4 Å². The summed E-state index contributed by atoms with van der Waals surface area (Å²) < 4.78 is 0. The van der Waals surface area contributed by atoms with E-state index in [1.165, 1.54) is 0 Å². The number of rotatable bonds is 3. The zero-order chi connectivity index (χ0) is 12.4. The highest BCUT2D eigenvalue weighted by atomic mass is 32.1.